The summed E-state index contributed by atoms with van der Waals surface area (Å²) in [6.07, 6.45) is 1.16. The lowest BCUT2D eigenvalue weighted by molar-refractivity contribution is 0.344. The second-order valence-electron chi connectivity index (χ2n) is 3.09. The van der Waals surface area contributed by atoms with Crippen LogP contribution in [0.4, 0.5) is 0 Å². The van der Waals surface area contributed by atoms with Crippen molar-refractivity contribution in [1.82, 2.24) is 10.3 Å². The lowest BCUT2D eigenvalue weighted by atomic mass is 9.98. The standard InChI is InChI=1S/C8H12N2S/c1-6-10-8(5-11-6)2-7-3-9-4-7/h5,7,9H,2-4H2,1H3. The number of nitrogens with zero attached hydrogens (tertiary/aromatic N) is 1. The summed E-state index contributed by atoms with van der Waals surface area (Å²) in [6.45, 7) is 4.42. The molecule has 0 bridgehead atoms. The van der Waals surface area contributed by atoms with E-state index in [1.165, 1.54) is 23.8 Å². The Bertz CT molecular complexity index is 240. The minimum Gasteiger partial charge on any atom is -0.316 e. The molecule has 0 atom stereocenters. The Labute approximate surface area is 70.7 Å². The van der Waals surface area contributed by atoms with Crippen molar-refractivity contribution in [1.29, 1.82) is 0 Å². The van der Waals surface area contributed by atoms with Crippen LogP contribution >= 0.6 is 11.3 Å². The minimum atomic E-state index is 0.844. The van der Waals surface area contributed by atoms with Gasteiger partial charge in [0.05, 0.1) is 10.7 Å². The summed E-state index contributed by atoms with van der Waals surface area (Å²) < 4.78 is 0. The van der Waals surface area contributed by atoms with E-state index in [4.69, 9.17) is 0 Å². The van der Waals surface area contributed by atoms with Gasteiger partial charge in [0.15, 0.2) is 0 Å². The first kappa shape index (κ1) is 7.25. The molecular formula is C8H12N2S. The average Bonchev–Trinajstić information content (AvgIpc) is 2.27. The number of hydrogen-bond acceptors (Lipinski definition) is 3. The van der Waals surface area contributed by atoms with Crippen molar-refractivity contribution in [3.63, 3.8) is 0 Å². The van der Waals surface area contributed by atoms with Crippen LogP contribution in [0.5, 0.6) is 0 Å². The van der Waals surface area contributed by atoms with Gasteiger partial charge >= 0.3 is 0 Å². The van der Waals surface area contributed by atoms with Crippen molar-refractivity contribution in [2.24, 2.45) is 5.92 Å². The molecule has 2 nitrogen and oxygen atoms in total. The van der Waals surface area contributed by atoms with E-state index in [9.17, 15) is 0 Å². The molecule has 1 aliphatic rings. The maximum atomic E-state index is 4.42. The fourth-order valence-electron chi connectivity index (χ4n) is 1.29. The van der Waals surface area contributed by atoms with Gasteiger partial charge in [-0.05, 0) is 32.4 Å². The maximum Gasteiger partial charge on any atom is 0.0897 e. The quantitative estimate of drug-likeness (QED) is 0.718. The molecule has 2 rings (SSSR count). The predicted octanol–water partition coefficient (Wildman–Crippen LogP) is 1.21. The van der Waals surface area contributed by atoms with Gasteiger partial charge in [-0.25, -0.2) is 4.98 Å². The van der Waals surface area contributed by atoms with Crippen LogP contribution in [-0.2, 0) is 6.42 Å². The summed E-state index contributed by atoms with van der Waals surface area (Å²) in [5, 5.41) is 6.63. The van der Waals surface area contributed by atoms with E-state index in [0.29, 0.717) is 0 Å². The van der Waals surface area contributed by atoms with Crippen LogP contribution in [0.1, 0.15) is 10.7 Å². The lowest BCUT2D eigenvalue weighted by Gasteiger charge is -2.26. The Kier molecular flexibility index (Phi) is 1.92. The molecule has 2 heterocycles. The molecule has 11 heavy (non-hydrogen) atoms. The summed E-state index contributed by atoms with van der Waals surface area (Å²) in [5.74, 6) is 0.844. The van der Waals surface area contributed by atoms with E-state index in [1.54, 1.807) is 11.3 Å². The Morgan fingerprint density at radius 3 is 3.00 bits per heavy atom. The number of aryl methyl sites for hydroxylation is 1. The number of aromatic nitrogens is 1. The van der Waals surface area contributed by atoms with Crippen molar-refractivity contribution < 1.29 is 0 Å². The van der Waals surface area contributed by atoms with Gasteiger partial charge in [0, 0.05) is 5.38 Å². The van der Waals surface area contributed by atoms with Crippen molar-refractivity contribution in [2.45, 2.75) is 13.3 Å². The molecule has 0 saturated carbocycles. The Balaban J connectivity index is 1.95. The molecule has 60 valence electrons. The van der Waals surface area contributed by atoms with E-state index >= 15 is 0 Å². The molecule has 1 saturated heterocycles. The van der Waals surface area contributed by atoms with Crippen LogP contribution < -0.4 is 5.32 Å². The number of nitrogens with one attached hydrogen (secondary N) is 1. The molecule has 0 radical (unpaired) electrons. The summed E-state index contributed by atoms with van der Waals surface area (Å²) in [4.78, 5) is 4.42. The predicted molar refractivity (Wildman–Crippen MR) is 46.9 cm³/mol. The average molecular weight is 168 g/mol. The lowest BCUT2D eigenvalue weighted by Crippen LogP contribution is -2.43. The summed E-state index contributed by atoms with van der Waals surface area (Å²) in [5.41, 5.74) is 1.28. The molecule has 0 spiro atoms. The third-order valence-electron chi connectivity index (χ3n) is 2.03. The van der Waals surface area contributed by atoms with Crippen molar-refractivity contribution >= 4 is 11.3 Å². The smallest absolute Gasteiger partial charge is 0.0897 e. The van der Waals surface area contributed by atoms with Gasteiger partial charge in [-0.3, -0.25) is 0 Å². The number of hydrogen-bond donors (Lipinski definition) is 1. The van der Waals surface area contributed by atoms with Gasteiger partial charge in [-0.2, -0.15) is 0 Å². The van der Waals surface area contributed by atoms with Crippen LogP contribution in [0.15, 0.2) is 5.38 Å². The van der Waals surface area contributed by atoms with Crippen LogP contribution in [0, 0.1) is 12.8 Å². The Morgan fingerprint density at radius 2 is 2.55 bits per heavy atom. The molecule has 0 amide bonds. The molecule has 3 heteroatoms. The normalized spacial score (nSPS) is 18.3. The summed E-state index contributed by atoms with van der Waals surface area (Å²) in [6, 6.07) is 0. The fourth-order valence-corrected chi connectivity index (χ4v) is 1.92. The number of rotatable bonds is 2. The van der Waals surface area contributed by atoms with E-state index in [-0.39, 0.29) is 0 Å². The van der Waals surface area contributed by atoms with Crippen LogP contribution in [0.2, 0.25) is 0 Å². The molecule has 1 aromatic rings. The molecule has 0 aliphatic carbocycles. The first-order valence-electron chi connectivity index (χ1n) is 3.96. The first-order valence-corrected chi connectivity index (χ1v) is 4.84. The van der Waals surface area contributed by atoms with Gasteiger partial charge in [0.25, 0.3) is 0 Å². The number of thiazole rings is 1. The molecule has 1 aromatic heterocycles. The zero-order valence-electron chi connectivity index (χ0n) is 6.63. The zero-order valence-corrected chi connectivity index (χ0v) is 7.45. The third kappa shape index (κ3) is 1.60. The summed E-state index contributed by atoms with van der Waals surface area (Å²) >= 11 is 1.75. The molecular weight excluding hydrogens is 156 g/mol. The molecule has 1 N–H and O–H groups in total. The van der Waals surface area contributed by atoms with Crippen molar-refractivity contribution in [3.8, 4) is 0 Å². The van der Waals surface area contributed by atoms with Gasteiger partial charge in [0.2, 0.25) is 0 Å². The SMILES string of the molecule is Cc1nc(CC2CNC2)cs1. The van der Waals surface area contributed by atoms with Crippen molar-refractivity contribution in [3.05, 3.63) is 16.1 Å². The zero-order chi connectivity index (χ0) is 7.68. The van der Waals surface area contributed by atoms with Gasteiger partial charge in [-0.15, -0.1) is 11.3 Å². The highest BCUT2D eigenvalue weighted by molar-refractivity contribution is 7.09. The first-order chi connectivity index (χ1) is 5.34. The Morgan fingerprint density at radius 1 is 1.73 bits per heavy atom. The van der Waals surface area contributed by atoms with E-state index < -0.39 is 0 Å². The van der Waals surface area contributed by atoms with Crippen LogP contribution in [0.25, 0.3) is 0 Å². The molecule has 0 unspecified atom stereocenters. The molecule has 0 aromatic carbocycles. The highest BCUT2D eigenvalue weighted by Crippen LogP contribution is 2.14. The minimum absolute atomic E-state index is 0.844. The van der Waals surface area contributed by atoms with Crippen LogP contribution in [-0.4, -0.2) is 18.1 Å². The van der Waals surface area contributed by atoms with Crippen molar-refractivity contribution in [2.75, 3.05) is 13.1 Å². The highest BCUT2D eigenvalue weighted by atomic mass is 32.1. The van der Waals surface area contributed by atoms with Gasteiger partial charge in [0.1, 0.15) is 0 Å². The van der Waals surface area contributed by atoms with E-state index in [0.717, 1.165) is 12.3 Å². The monoisotopic (exact) mass is 168 g/mol. The largest absolute Gasteiger partial charge is 0.316 e. The second-order valence-corrected chi connectivity index (χ2v) is 4.15. The topological polar surface area (TPSA) is 24.9 Å². The fraction of sp³-hybridized carbons (Fsp3) is 0.625. The second kappa shape index (κ2) is 2.91. The Hall–Kier alpha value is -0.410. The van der Waals surface area contributed by atoms with Crippen LogP contribution in [0.3, 0.4) is 0 Å². The summed E-state index contributed by atoms with van der Waals surface area (Å²) in [7, 11) is 0. The van der Waals surface area contributed by atoms with E-state index in [2.05, 4.69) is 22.6 Å². The van der Waals surface area contributed by atoms with Gasteiger partial charge in [-0.1, -0.05) is 0 Å². The maximum absolute atomic E-state index is 4.42. The molecule has 1 aliphatic heterocycles. The third-order valence-corrected chi connectivity index (χ3v) is 2.85. The molecule has 1 fully saturated rings. The van der Waals surface area contributed by atoms with Gasteiger partial charge < -0.3 is 5.32 Å². The highest BCUT2D eigenvalue weighted by Gasteiger charge is 2.17. The van der Waals surface area contributed by atoms with E-state index in [1.807, 2.05) is 0 Å².